The average molecular weight is 350 g/mol. The Morgan fingerprint density at radius 2 is 2.12 bits per heavy atom. The third-order valence-corrected chi connectivity index (χ3v) is 3.96. The van der Waals surface area contributed by atoms with Crippen molar-refractivity contribution in [2.45, 2.75) is 32.8 Å². The van der Waals surface area contributed by atoms with Crippen LogP contribution in [0.1, 0.15) is 35.7 Å². The topological polar surface area (TPSA) is 74.8 Å². The molecule has 3 N–H and O–H groups in total. The summed E-state index contributed by atoms with van der Waals surface area (Å²) in [5, 5.41) is 9.09. The van der Waals surface area contributed by atoms with E-state index in [0.717, 1.165) is 26.0 Å². The number of ether oxygens (including phenoxy) is 1. The second-order valence-electron chi connectivity index (χ2n) is 6.00. The number of amides is 1. The number of aliphatic imine (C=N–C) groups is 1. The predicted octanol–water partition coefficient (Wildman–Crippen LogP) is 1.60. The predicted molar refractivity (Wildman–Crippen MR) is 96.4 cm³/mol. The number of guanidine groups is 1. The Bertz CT molecular complexity index is 601. The number of halogens is 1. The van der Waals surface area contributed by atoms with Crippen molar-refractivity contribution < 1.29 is 13.9 Å². The van der Waals surface area contributed by atoms with E-state index in [-0.39, 0.29) is 17.8 Å². The van der Waals surface area contributed by atoms with Crippen LogP contribution in [0.3, 0.4) is 0 Å². The first-order chi connectivity index (χ1) is 12.1. The van der Waals surface area contributed by atoms with Gasteiger partial charge in [-0.25, -0.2) is 4.39 Å². The highest BCUT2D eigenvalue weighted by Crippen LogP contribution is 2.11. The third-order valence-electron chi connectivity index (χ3n) is 3.96. The Balaban J connectivity index is 1.74. The first kappa shape index (κ1) is 19.2. The SMILES string of the molecule is CCNC(=NCC1CCCO1)NCCNC(=O)c1ccc(C)c(F)c1. The Hall–Kier alpha value is -2.15. The van der Waals surface area contributed by atoms with E-state index in [2.05, 4.69) is 20.9 Å². The van der Waals surface area contributed by atoms with Crippen LogP contribution in [0.15, 0.2) is 23.2 Å². The van der Waals surface area contributed by atoms with E-state index in [0.29, 0.717) is 36.7 Å². The maximum Gasteiger partial charge on any atom is 0.251 e. The molecular formula is C18H27FN4O2. The van der Waals surface area contributed by atoms with Crippen molar-refractivity contribution in [1.29, 1.82) is 0 Å². The molecule has 1 aliphatic heterocycles. The standard InChI is InChI=1S/C18H27FN4O2/c1-3-20-18(23-12-15-5-4-10-25-15)22-9-8-21-17(24)14-7-6-13(2)16(19)11-14/h6-7,11,15H,3-5,8-10,12H2,1-2H3,(H,21,24)(H2,20,22,23). The molecule has 1 atom stereocenters. The molecule has 0 saturated carbocycles. The summed E-state index contributed by atoms with van der Waals surface area (Å²) < 4.78 is 19.1. The minimum absolute atomic E-state index is 0.201. The van der Waals surface area contributed by atoms with E-state index < -0.39 is 0 Å². The lowest BCUT2D eigenvalue weighted by atomic mass is 10.1. The Morgan fingerprint density at radius 1 is 1.32 bits per heavy atom. The van der Waals surface area contributed by atoms with E-state index in [1.807, 2.05) is 6.92 Å². The number of rotatable bonds is 7. The largest absolute Gasteiger partial charge is 0.376 e. The minimum atomic E-state index is -0.374. The summed E-state index contributed by atoms with van der Waals surface area (Å²) in [6, 6.07) is 4.48. The fourth-order valence-electron chi connectivity index (χ4n) is 2.52. The number of nitrogens with zero attached hydrogens (tertiary/aromatic N) is 1. The van der Waals surface area contributed by atoms with Crippen LogP contribution in [0.25, 0.3) is 0 Å². The summed E-state index contributed by atoms with van der Waals surface area (Å²) in [6.07, 6.45) is 2.34. The number of nitrogens with one attached hydrogen (secondary N) is 3. The average Bonchev–Trinajstić information content (AvgIpc) is 3.12. The third kappa shape index (κ3) is 6.34. The smallest absolute Gasteiger partial charge is 0.251 e. The van der Waals surface area contributed by atoms with Crippen molar-refractivity contribution in [2.75, 3.05) is 32.8 Å². The van der Waals surface area contributed by atoms with Crippen LogP contribution in [-0.2, 0) is 4.74 Å². The lowest BCUT2D eigenvalue weighted by Gasteiger charge is -2.13. The molecule has 1 aromatic carbocycles. The van der Waals surface area contributed by atoms with Gasteiger partial charge in [0.25, 0.3) is 5.91 Å². The summed E-state index contributed by atoms with van der Waals surface area (Å²) in [5.74, 6) is 0.0390. The van der Waals surface area contributed by atoms with Gasteiger partial charge >= 0.3 is 0 Å². The molecule has 7 heteroatoms. The monoisotopic (exact) mass is 350 g/mol. The maximum absolute atomic E-state index is 13.5. The van der Waals surface area contributed by atoms with Gasteiger partial charge in [0, 0.05) is 31.8 Å². The zero-order valence-corrected chi connectivity index (χ0v) is 14.9. The Kier molecular flexibility index (Phi) is 7.66. The van der Waals surface area contributed by atoms with Gasteiger partial charge in [-0.2, -0.15) is 0 Å². The van der Waals surface area contributed by atoms with Gasteiger partial charge in [-0.3, -0.25) is 9.79 Å². The van der Waals surface area contributed by atoms with E-state index >= 15 is 0 Å². The molecule has 1 aromatic rings. The van der Waals surface area contributed by atoms with Gasteiger partial charge in [0.2, 0.25) is 0 Å². The molecule has 0 spiro atoms. The summed E-state index contributed by atoms with van der Waals surface area (Å²) >= 11 is 0. The number of carbonyl (C=O) groups excluding carboxylic acids is 1. The molecule has 1 heterocycles. The van der Waals surface area contributed by atoms with Crippen molar-refractivity contribution in [3.05, 3.63) is 35.1 Å². The van der Waals surface area contributed by atoms with Gasteiger partial charge in [-0.05, 0) is 44.4 Å². The molecule has 6 nitrogen and oxygen atoms in total. The van der Waals surface area contributed by atoms with Crippen molar-refractivity contribution in [2.24, 2.45) is 4.99 Å². The number of carbonyl (C=O) groups is 1. The first-order valence-electron chi connectivity index (χ1n) is 8.78. The number of benzene rings is 1. The summed E-state index contributed by atoms with van der Waals surface area (Å²) in [6.45, 7) is 6.80. The molecule has 138 valence electrons. The fraction of sp³-hybridized carbons (Fsp3) is 0.556. The normalized spacial score (nSPS) is 17.4. The number of hydrogen-bond acceptors (Lipinski definition) is 3. The first-order valence-corrected chi connectivity index (χ1v) is 8.78. The summed E-state index contributed by atoms with van der Waals surface area (Å²) in [4.78, 5) is 16.5. The number of aryl methyl sites for hydroxylation is 1. The van der Waals surface area contributed by atoms with Crippen LogP contribution in [0, 0.1) is 12.7 Å². The lowest BCUT2D eigenvalue weighted by Crippen LogP contribution is -2.42. The van der Waals surface area contributed by atoms with Crippen LogP contribution in [0.4, 0.5) is 4.39 Å². The molecule has 1 fully saturated rings. The zero-order valence-electron chi connectivity index (χ0n) is 14.9. The van der Waals surface area contributed by atoms with Crippen molar-refractivity contribution in [3.63, 3.8) is 0 Å². The second-order valence-corrected chi connectivity index (χ2v) is 6.00. The molecule has 0 aromatic heterocycles. The summed E-state index contributed by atoms with van der Waals surface area (Å²) in [5.41, 5.74) is 0.845. The molecule has 25 heavy (non-hydrogen) atoms. The Morgan fingerprint density at radius 3 is 2.80 bits per heavy atom. The highest BCUT2D eigenvalue weighted by molar-refractivity contribution is 5.94. The number of hydrogen-bond donors (Lipinski definition) is 3. The van der Waals surface area contributed by atoms with Gasteiger partial charge in [0.1, 0.15) is 5.82 Å². The molecule has 1 amide bonds. The molecular weight excluding hydrogens is 323 g/mol. The van der Waals surface area contributed by atoms with Crippen LogP contribution < -0.4 is 16.0 Å². The van der Waals surface area contributed by atoms with Gasteiger partial charge in [0.15, 0.2) is 5.96 Å². The molecule has 1 aliphatic rings. The second kappa shape index (κ2) is 9.98. The van der Waals surface area contributed by atoms with Gasteiger partial charge < -0.3 is 20.7 Å². The van der Waals surface area contributed by atoms with E-state index in [4.69, 9.17) is 4.74 Å². The van der Waals surface area contributed by atoms with Crippen LogP contribution in [-0.4, -0.2) is 50.8 Å². The molecule has 1 unspecified atom stereocenters. The zero-order chi connectivity index (χ0) is 18.1. The molecule has 2 rings (SSSR count). The van der Waals surface area contributed by atoms with Crippen molar-refractivity contribution in [1.82, 2.24) is 16.0 Å². The van der Waals surface area contributed by atoms with Gasteiger partial charge in [0.05, 0.1) is 12.6 Å². The molecule has 1 saturated heterocycles. The molecule has 0 radical (unpaired) electrons. The highest BCUT2D eigenvalue weighted by atomic mass is 19.1. The Labute approximate surface area is 148 Å². The van der Waals surface area contributed by atoms with Gasteiger partial charge in [-0.15, -0.1) is 0 Å². The van der Waals surface area contributed by atoms with E-state index in [1.54, 1.807) is 19.1 Å². The van der Waals surface area contributed by atoms with E-state index in [1.165, 1.54) is 6.07 Å². The van der Waals surface area contributed by atoms with Crippen LogP contribution >= 0.6 is 0 Å². The quantitative estimate of drug-likeness (QED) is 0.397. The molecule has 0 aliphatic carbocycles. The minimum Gasteiger partial charge on any atom is -0.376 e. The lowest BCUT2D eigenvalue weighted by molar-refractivity contribution is 0.0954. The highest BCUT2D eigenvalue weighted by Gasteiger charge is 2.14. The maximum atomic E-state index is 13.5. The van der Waals surface area contributed by atoms with Crippen LogP contribution in [0.5, 0.6) is 0 Å². The van der Waals surface area contributed by atoms with Gasteiger partial charge in [-0.1, -0.05) is 6.07 Å². The fourth-order valence-corrected chi connectivity index (χ4v) is 2.52. The summed E-state index contributed by atoms with van der Waals surface area (Å²) in [7, 11) is 0. The van der Waals surface area contributed by atoms with E-state index in [9.17, 15) is 9.18 Å². The van der Waals surface area contributed by atoms with Crippen LogP contribution in [0.2, 0.25) is 0 Å². The molecule has 0 bridgehead atoms. The van der Waals surface area contributed by atoms with Crippen molar-refractivity contribution >= 4 is 11.9 Å². The van der Waals surface area contributed by atoms with Crippen molar-refractivity contribution in [3.8, 4) is 0 Å².